The minimum absolute atomic E-state index is 0.0920. The van der Waals surface area contributed by atoms with E-state index >= 15 is 0 Å². The Morgan fingerprint density at radius 2 is 1.83 bits per heavy atom. The molecule has 0 unspecified atom stereocenters. The molecule has 1 N–H and O–H groups in total. The minimum Gasteiger partial charge on any atom is -0.492 e. The zero-order valence-electron chi connectivity index (χ0n) is 17.0. The average molecular weight is 415 g/mol. The number of hydrogen-bond acceptors (Lipinski definition) is 4. The van der Waals surface area contributed by atoms with E-state index in [0.29, 0.717) is 25.1 Å². The number of sulfonamides is 1. The molecule has 156 valence electrons. The van der Waals surface area contributed by atoms with Crippen LogP contribution in [-0.2, 0) is 23.0 Å². The number of benzene rings is 2. The Balaban J connectivity index is 1.63. The highest BCUT2D eigenvalue weighted by Crippen LogP contribution is 2.39. The Morgan fingerprint density at radius 3 is 2.55 bits per heavy atom. The van der Waals surface area contributed by atoms with E-state index in [0.717, 1.165) is 30.8 Å². The first kappa shape index (κ1) is 20.4. The highest BCUT2D eigenvalue weighted by Gasteiger charge is 2.36. The second-order valence-corrected chi connectivity index (χ2v) is 10.1. The van der Waals surface area contributed by atoms with Crippen molar-refractivity contribution in [2.45, 2.75) is 44.7 Å². The van der Waals surface area contributed by atoms with Crippen molar-refractivity contribution < 1.29 is 13.2 Å². The second-order valence-electron chi connectivity index (χ2n) is 8.01. The predicted molar refractivity (Wildman–Crippen MR) is 116 cm³/mol. The van der Waals surface area contributed by atoms with Crippen LogP contribution >= 0.6 is 0 Å². The Bertz CT molecular complexity index is 924. The van der Waals surface area contributed by atoms with Gasteiger partial charge in [0.05, 0.1) is 11.8 Å². The molecule has 0 aliphatic carbocycles. The van der Waals surface area contributed by atoms with Crippen LogP contribution in [0, 0.1) is 0 Å². The van der Waals surface area contributed by atoms with Crippen molar-refractivity contribution in [3.63, 3.8) is 0 Å². The number of nitrogens with zero attached hydrogens (tertiary/aromatic N) is 1. The van der Waals surface area contributed by atoms with Crippen LogP contribution in [-0.4, -0.2) is 44.8 Å². The van der Waals surface area contributed by atoms with Crippen LogP contribution in [0.25, 0.3) is 0 Å². The average Bonchev–Trinajstić information content (AvgIpc) is 3.28. The summed E-state index contributed by atoms with van der Waals surface area (Å²) in [4.78, 5) is 2.57. The zero-order valence-corrected chi connectivity index (χ0v) is 17.8. The van der Waals surface area contributed by atoms with Crippen LogP contribution < -0.4 is 9.46 Å². The number of hydrogen-bond donors (Lipinski definition) is 1. The summed E-state index contributed by atoms with van der Waals surface area (Å²) < 4.78 is 32.5. The third-order valence-electron chi connectivity index (χ3n) is 6.13. The fourth-order valence-corrected chi connectivity index (χ4v) is 5.06. The second kappa shape index (κ2) is 8.86. The Morgan fingerprint density at radius 1 is 1.07 bits per heavy atom. The van der Waals surface area contributed by atoms with E-state index in [4.69, 9.17) is 4.74 Å². The van der Waals surface area contributed by atoms with Crippen LogP contribution in [0.15, 0.2) is 48.5 Å². The van der Waals surface area contributed by atoms with E-state index < -0.39 is 10.0 Å². The third kappa shape index (κ3) is 4.82. The Hall–Kier alpha value is -1.89. The van der Waals surface area contributed by atoms with Gasteiger partial charge in [-0.3, -0.25) is 4.90 Å². The standard InChI is InChI=1S/C23H30N2O3S/c1-2-29(26,27)24-16-19-10-11-23-21(15-19)20(14-18-8-4-3-5-9-18)22(17-28-23)25-12-6-7-13-25/h3-5,8-11,15,20,22,24H,2,6-7,12-14,16-17H2,1H3/t20-,22+/m1/s1. The lowest BCUT2D eigenvalue weighted by Crippen LogP contribution is -2.45. The van der Waals surface area contributed by atoms with Crippen molar-refractivity contribution in [1.29, 1.82) is 0 Å². The van der Waals surface area contributed by atoms with E-state index in [-0.39, 0.29) is 5.75 Å². The van der Waals surface area contributed by atoms with Gasteiger partial charge in [-0.1, -0.05) is 42.5 Å². The number of ether oxygens (including phenoxy) is 1. The SMILES string of the molecule is CCS(=O)(=O)NCc1ccc2c(c1)[C@@H](Cc1ccccc1)[C@@H](N1CCCC1)CO2. The molecule has 2 aliphatic heterocycles. The molecule has 0 bridgehead atoms. The normalized spacial score (nSPS) is 22.2. The van der Waals surface area contributed by atoms with Gasteiger partial charge in [0.2, 0.25) is 10.0 Å². The molecule has 2 atom stereocenters. The molecule has 0 radical (unpaired) electrons. The van der Waals surface area contributed by atoms with Gasteiger partial charge in [0, 0.05) is 12.5 Å². The third-order valence-corrected chi connectivity index (χ3v) is 7.48. The van der Waals surface area contributed by atoms with Crippen LogP contribution in [0.2, 0.25) is 0 Å². The van der Waals surface area contributed by atoms with Gasteiger partial charge in [-0.05, 0) is 62.0 Å². The maximum atomic E-state index is 11.9. The quantitative estimate of drug-likeness (QED) is 0.755. The summed E-state index contributed by atoms with van der Waals surface area (Å²) in [5.74, 6) is 1.36. The van der Waals surface area contributed by atoms with Crippen molar-refractivity contribution in [1.82, 2.24) is 9.62 Å². The van der Waals surface area contributed by atoms with Crippen molar-refractivity contribution in [3.8, 4) is 5.75 Å². The van der Waals surface area contributed by atoms with Gasteiger partial charge in [-0.15, -0.1) is 0 Å². The number of rotatable bonds is 7. The lowest BCUT2D eigenvalue weighted by Gasteiger charge is -2.39. The molecule has 2 aromatic rings. The number of nitrogens with one attached hydrogen (secondary N) is 1. The molecule has 0 amide bonds. The molecular weight excluding hydrogens is 384 g/mol. The van der Waals surface area contributed by atoms with E-state index in [1.165, 1.54) is 24.0 Å². The van der Waals surface area contributed by atoms with Crippen molar-refractivity contribution >= 4 is 10.0 Å². The fraction of sp³-hybridized carbons (Fsp3) is 0.478. The van der Waals surface area contributed by atoms with E-state index in [1.807, 2.05) is 12.1 Å². The highest BCUT2D eigenvalue weighted by molar-refractivity contribution is 7.89. The van der Waals surface area contributed by atoms with Gasteiger partial charge in [0.25, 0.3) is 0 Å². The summed E-state index contributed by atoms with van der Waals surface area (Å²) in [5.41, 5.74) is 3.50. The molecule has 2 heterocycles. The summed E-state index contributed by atoms with van der Waals surface area (Å²) in [7, 11) is -3.21. The molecule has 6 heteroatoms. The van der Waals surface area contributed by atoms with Gasteiger partial charge >= 0.3 is 0 Å². The molecule has 5 nitrogen and oxygen atoms in total. The summed E-state index contributed by atoms with van der Waals surface area (Å²) >= 11 is 0. The molecule has 0 spiro atoms. The van der Waals surface area contributed by atoms with E-state index in [2.05, 4.69) is 46.0 Å². The van der Waals surface area contributed by atoms with Gasteiger partial charge in [-0.2, -0.15) is 0 Å². The first-order valence-corrected chi connectivity index (χ1v) is 12.2. The zero-order chi connectivity index (χ0) is 20.3. The summed E-state index contributed by atoms with van der Waals surface area (Å²) in [6.45, 7) is 4.94. The highest BCUT2D eigenvalue weighted by atomic mass is 32.2. The van der Waals surface area contributed by atoms with E-state index in [1.54, 1.807) is 6.92 Å². The van der Waals surface area contributed by atoms with E-state index in [9.17, 15) is 8.42 Å². The fourth-order valence-electron chi connectivity index (χ4n) is 4.47. The Kier molecular flexibility index (Phi) is 6.23. The molecule has 1 saturated heterocycles. The number of likely N-dealkylation sites (tertiary alicyclic amines) is 1. The van der Waals surface area contributed by atoms with Crippen molar-refractivity contribution in [2.24, 2.45) is 0 Å². The summed E-state index contributed by atoms with van der Waals surface area (Å²) in [5, 5.41) is 0. The van der Waals surface area contributed by atoms with Gasteiger partial charge in [0.1, 0.15) is 12.4 Å². The van der Waals surface area contributed by atoms with Crippen LogP contribution in [0.3, 0.4) is 0 Å². The first-order valence-electron chi connectivity index (χ1n) is 10.6. The maximum absolute atomic E-state index is 11.9. The summed E-state index contributed by atoms with van der Waals surface area (Å²) in [6, 6.07) is 17.1. The lowest BCUT2D eigenvalue weighted by atomic mass is 9.82. The molecule has 2 aliphatic rings. The molecule has 1 fully saturated rings. The summed E-state index contributed by atoms with van der Waals surface area (Å²) in [6.07, 6.45) is 3.46. The molecule has 29 heavy (non-hydrogen) atoms. The molecule has 4 rings (SSSR count). The predicted octanol–water partition coefficient (Wildman–Crippen LogP) is 3.31. The molecular formula is C23H30N2O3S. The first-order chi connectivity index (χ1) is 14.1. The molecule has 2 aromatic carbocycles. The van der Waals surface area contributed by atoms with Crippen LogP contribution in [0.4, 0.5) is 0 Å². The van der Waals surface area contributed by atoms with Crippen molar-refractivity contribution in [3.05, 3.63) is 65.2 Å². The molecule has 0 aromatic heterocycles. The number of fused-ring (bicyclic) bond motifs is 1. The van der Waals surface area contributed by atoms with Gasteiger partial charge < -0.3 is 4.74 Å². The Labute approximate surface area is 174 Å². The molecule has 0 saturated carbocycles. The topological polar surface area (TPSA) is 58.6 Å². The largest absolute Gasteiger partial charge is 0.492 e. The van der Waals surface area contributed by atoms with Crippen molar-refractivity contribution in [2.75, 3.05) is 25.4 Å². The monoisotopic (exact) mass is 414 g/mol. The minimum atomic E-state index is -3.21. The van der Waals surface area contributed by atoms with Gasteiger partial charge in [0.15, 0.2) is 0 Å². The lowest BCUT2D eigenvalue weighted by molar-refractivity contribution is 0.116. The smallest absolute Gasteiger partial charge is 0.211 e. The van der Waals surface area contributed by atoms with Crippen LogP contribution in [0.1, 0.15) is 42.4 Å². The van der Waals surface area contributed by atoms with Gasteiger partial charge in [-0.25, -0.2) is 13.1 Å². The van der Waals surface area contributed by atoms with Crippen LogP contribution in [0.5, 0.6) is 5.75 Å². The maximum Gasteiger partial charge on any atom is 0.211 e.